The zero-order valence-corrected chi connectivity index (χ0v) is 18.7. The van der Waals surface area contributed by atoms with Gasteiger partial charge in [-0.05, 0) is 32.8 Å². The molecule has 0 aromatic carbocycles. The van der Waals surface area contributed by atoms with Crippen molar-refractivity contribution < 1.29 is 19.4 Å². The lowest BCUT2D eigenvalue weighted by atomic mass is 9.83. The molecule has 1 amide bonds. The van der Waals surface area contributed by atoms with E-state index in [0.717, 1.165) is 30.0 Å². The molecule has 0 bridgehead atoms. The number of aliphatic hydroxyl groups is 1. The van der Waals surface area contributed by atoms with E-state index in [9.17, 15) is 9.90 Å². The first-order chi connectivity index (χ1) is 15.5. The summed E-state index contributed by atoms with van der Waals surface area (Å²) in [6.07, 6.45) is 4.40. The molecule has 0 aliphatic carbocycles. The number of carbonyl (C=O) groups excluding carboxylic acids is 1. The SMILES string of the molecule is CCOC(=O)N1CC[C@](CO)(Cc2cc(-c3cnc(C)nc3)nc(N3CCOCC3)n2)C1. The minimum Gasteiger partial charge on any atom is -0.450 e. The number of hydrogen-bond acceptors (Lipinski definition) is 9. The van der Waals surface area contributed by atoms with E-state index in [1.165, 1.54) is 0 Å². The van der Waals surface area contributed by atoms with E-state index >= 15 is 0 Å². The first-order valence-electron chi connectivity index (χ1n) is 11.0. The lowest BCUT2D eigenvalue weighted by molar-refractivity contribution is 0.0974. The second-order valence-corrected chi connectivity index (χ2v) is 8.37. The maximum absolute atomic E-state index is 12.2. The van der Waals surface area contributed by atoms with E-state index in [2.05, 4.69) is 14.9 Å². The first kappa shape index (κ1) is 22.3. The highest BCUT2D eigenvalue weighted by Crippen LogP contribution is 2.35. The molecule has 1 atom stereocenters. The molecule has 4 heterocycles. The summed E-state index contributed by atoms with van der Waals surface area (Å²) < 4.78 is 10.6. The van der Waals surface area contributed by atoms with Crippen LogP contribution >= 0.6 is 0 Å². The van der Waals surface area contributed by atoms with E-state index in [1.54, 1.807) is 24.2 Å². The molecule has 4 rings (SSSR count). The normalized spacial score (nSPS) is 21.1. The number of anilines is 1. The zero-order valence-electron chi connectivity index (χ0n) is 18.7. The van der Waals surface area contributed by atoms with Gasteiger partial charge in [-0.25, -0.2) is 24.7 Å². The highest BCUT2D eigenvalue weighted by Gasteiger charge is 2.40. The zero-order chi connectivity index (χ0) is 22.6. The lowest BCUT2D eigenvalue weighted by Gasteiger charge is -2.29. The molecule has 32 heavy (non-hydrogen) atoms. The van der Waals surface area contributed by atoms with Crippen LogP contribution in [0.15, 0.2) is 18.5 Å². The van der Waals surface area contributed by atoms with Crippen molar-refractivity contribution in [1.29, 1.82) is 0 Å². The number of morpholine rings is 1. The molecule has 2 fully saturated rings. The molecule has 2 aromatic rings. The predicted molar refractivity (Wildman–Crippen MR) is 117 cm³/mol. The number of aliphatic hydroxyl groups excluding tert-OH is 1. The molecule has 2 aromatic heterocycles. The van der Waals surface area contributed by atoms with Crippen LogP contribution in [-0.4, -0.2) is 88.6 Å². The van der Waals surface area contributed by atoms with E-state index in [-0.39, 0.29) is 12.7 Å². The van der Waals surface area contributed by atoms with E-state index in [0.29, 0.717) is 57.5 Å². The molecule has 2 aliphatic heterocycles. The topological polar surface area (TPSA) is 114 Å². The summed E-state index contributed by atoms with van der Waals surface area (Å²) in [6.45, 7) is 7.61. The number of ether oxygens (including phenoxy) is 2. The molecule has 10 heteroatoms. The van der Waals surface area contributed by atoms with Crippen LogP contribution < -0.4 is 4.90 Å². The molecule has 1 N–H and O–H groups in total. The van der Waals surface area contributed by atoms with Crippen LogP contribution in [-0.2, 0) is 15.9 Å². The third-order valence-electron chi connectivity index (χ3n) is 5.99. The van der Waals surface area contributed by atoms with E-state index in [1.807, 2.05) is 13.0 Å². The van der Waals surface area contributed by atoms with Crippen LogP contribution in [0, 0.1) is 12.3 Å². The van der Waals surface area contributed by atoms with Crippen molar-refractivity contribution in [1.82, 2.24) is 24.8 Å². The number of hydrogen-bond donors (Lipinski definition) is 1. The van der Waals surface area contributed by atoms with Gasteiger partial charge in [-0.15, -0.1) is 0 Å². The number of likely N-dealkylation sites (tertiary alicyclic amines) is 1. The summed E-state index contributed by atoms with van der Waals surface area (Å²) in [4.78, 5) is 34.2. The number of nitrogens with zero attached hydrogens (tertiary/aromatic N) is 6. The van der Waals surface area contributed by atoms with Crippen LogP contribution in [0.2, 0.25) is 0 Å². The van der Waals surface area contributed by atoms with Crippen molar-refractivity contribution in [2.24, 2.45) is 5.41 Å². The lowest BCUT2D eigenvalue weighted by Crippen LogP contribution is -2.38. The van der Waals surface area contributed by atoms with Gasteiger partial charge >= 0.3 is 6.09 Å². The molecular weight excluding hydrogens is 412 g/mol. The Kier molecular flexibility index (Phi) is 6.80. The fourth-order valence-corrected chi connectivity index (χ4v) is 4.17. The Hall–Kier alpha value is -2.85. The van der Waals surface area contributed by atoms with Gasteiger partial charge < -0.3 is 24.4 Å². The van der Waals surface area contributed by atoms with Crippen LogP contribution in [0.25, 0.3) is 11.3 Å². The van der Waals surface area contributed by atoms with E-state index < -0.39 is 5.41 Å². The minimum atomic E-state index is -0.468. The summed E-state index contributed by atoms with van der Waals surface area (Å²) in [7, 11) is 0. The average molecular weight is 443 g/mol. The largest absolute Gasteiger partial charge is 0.450 e. The van der Waals surface area contributed by atoms with Gasteiger partial charge in [0.2, 0.25) is 5.95 Å². The number of aromatic nitrogens is 4. The molecule has 2 saturated heterocycles. The van der Waals surface area contributed by atoms with Gasteiger partial charge in [-0.2, -0.15) is 0 Å². The summed E-state index contributed by atoms with van der Waals surface area (Å²) in [5.74, 6) is 1.33. The molecule has 0 radical (unpaired) electrons. The molecule has 0 saturated carbocycles. The number of rotatable bonds is 6. The van der Waals surface area contributed by atoms with Gasteiger partial charge in [-0.1, -0.05) is 0 Å². The number of carbonyl (C=O) groups is 1. The van der Waals surface area contributed by atoms with Crippen LogP contribution in [0.3, 0.4) is 0 Å². The highest BCUT2D eigenvalue weighted by atomic mass is 16.6. The van der Waals surface area contributed by atoms with Crippen LogP contribution in [0.5, 0.6) is 0 Å². The monoisotopic (exact) mass is 442 g/mol. The van der Waals surface area contributed by atoms with Crippen LogP contribution in [0.4, 0.5) is 10.7 Å². The quantitative estimate of drug-likeness (QED) is 0.710. The van der Waals surface area contributed by atoms with Gasteiger partial charge in [0.15, 0.2) is 0 Å². The van der Waals surface area contributed by atoms with Gasteiger partial charge in [0, 0.05) is 55.2 Å². The maximum Gasteiger partial charge on any atom is 0.409 e. The Labute approximate surface area is 187 Å². The van der Waals surface area contributed by atoms with Gasteiger partial charge in [-0.3, -0.25) is 0 Å². The summed E-state index contributed by atoms with van der Waals surface area (Å²) >= 11 is 0. The molecule has 2 aliphatic rings. The molecule has 172 valence electrons. The van der Waals surface area contributed by atoms with Crippen molar-refractivity contribution in [3.8, 4) is 11.3 Å². The van der Waals surface area contributed by atoms with E-state index in [4.69, 9.17) is 19.4 Å². The van der Waals surface area contributed by atoms with Gasteiger partial charge in [0.1, 0.15) is 5.82 Å². The fourth-order valence-electron chi connectivity index (χ4n) is 4.17. The van der Waals surface area contributed by atoms with Crippen molar-refractivity contribution >= 4 is 12.0 Å². The molecule has 0 spiro atoms. The highest BCUT2D eigenvalue weighted by molar-refractivity contribution is 5.68. The van der Waals surface area contributed by atoms with Gasteiger partial charge in [0.25, 0.3) is 0 Å². The van der Waals surface area contributed by atoms with Crippen molar-refractivity contribution in [3.05, 3.63) is 30.0 Å². The summed E-state index contributed by atoms with van der Waals surface area (Å²) in [5.41, 5.74) is 1.90. The third-order valence-corrected chi connectivity index (χ3v) is 5.99. The summed E-state index contributed by atoms with van der Waals surface area (Å²) in [5, 5.41) is 10.3. The molecule has 0 unspecified atom stereocenters. The maximum atomic E-state index is 12.2. The first-order valence-corrected chi connectivity index (χ1v) is 11.0. The Bertz CT molecular complexity index is 935. The Balaban J connectivity index is 1.63. The standard InChI is InChI=1S/C22H30N6O4/c1-3-32-21(30)28-5-4-22(14-28,15-29)11-18-10-19(17-12-23-16(2)24-13-17)26-20(25-18)27-6-8-31-9-7-27/h10,12-13,29H,3-9,11,14-15H2,1-2H3/t22-/m0/s1. The van der Waals surface area contributed by atoms with Crippen molar-refractivity contribution in [3.63, 3.8) is 0 Å². The van der Waals surface area contributed by atoms with Crippen molar-refractivity contribution in [2.45, 2.75) is 26.7 Å². The second kappa shape index (κ2) is 9.74. The third kappa shape index (κ3) is 4.97. The smallest absolute Gasteiger partial charge is 0.409 e. The second-order valence-electron chi connectivity index (χ2n) is 8.37. The Morgan fingerprint density at radius 2 is 1.97 bits per heavy atom. The van der Waals surface area contributed by atoms with Crippen molar-refractivity contribution in [2.75, 3.05) is 57.5 Å². The van der Waals surface area contributed by atoms with Gasteiger partial charge in [0.05, 0.1) is 32.1 Å². The molecule has 10 nitrogen and oxygen atoms in total. The summed E-state index contributed by atoms with van der Waals surface area (Å²) in [6, 6.07) is 1.93. The average Bonchev–Trinajstić information content (AvgIpc) is 3.25. The Morgan fingerprint density at radius 1 is 1.22 bits per heavy atom. The predicted octanol–water partition coefficient (Wildman–Crippen LogP) is 1.46. The number of aryl methyl sites for hydroxylation is 1. The fraction of sp³-hybridized carbons (Fsp3) is 0.591. The molecular formula is C22H30N6O4. The minimum absolute atomic E-state index is 0.0389. The number of amides is 1. The van der Waals surface area contributed by atoms with Crippen LogP contribution in [0.1, 0.15) is 24.9 Å². The Morgan fingerprint density at radius 3 is 2.66 bits per heavy atom.